The van der Waals surface area contributed by atoms with Gasteiger partial charge in [-0.15, -0.1) is 11.8 Å². The van der Waals surface area contributed by atoms with E-state index in [2.05, 4.69) is 62.4 Å². The minimum atomic E-state index is 0.785. The minimum absolute atomic E-state index is 0.785. The molecule has 2 aromatic rings. The van der Waals surface area contributed by atoms with Gasteiger partial charge in [-0.3, -0.25) is 0 Å². The van der Waals surface area contributed by atoms with Crippen LogP contribution in [0.15, 0.2) is 53.4 Å². The van der Waals surface area contributed by atoms with Crippen LogP contribution in [0.4, 0.5) is 0 Å². The molecule has 2 aromatic carbocycles. The Kier molecular flexibility index (Phi) is 8.79. The van der Waals surface area contributed by atoms with Crippen LogP contribution in [0.5, 0.6) is 5.75 Å². The molecular formula is C26H36OS. The third-order valence-electron chi connectivity index (χ3n) is 5.99. The van der Waals surface area contributed by atoms with Gasteiger partial charge in [0.15, 0.2) is 0 Å². The van der Waals surface area contributed by atoms with Crippen LogP contribution in [0, 0.1) is 5.92 Å². The lowest BCUT2D eigenvalue weighted by Crippen LogP contribution is -2.13. The molecule has 1 aliphatic rings. The predicted molar refractivity (Wildman–Crippen MR) is 122 cm³/mol. The molecule has 0 unspecified atom stereocenters. The maximum absolute atomic E-state index is 5.75. The van der Waals surface area contributed by atoms with Crippen molar-refractivity contribution < 1.29 is 4.74 Å². The van der Waals surface area contributed by atoms with Gasteiger partial charge in [-0.25, -0.2) is 0 Å². The van der Waals surface area contributed by atoms with Crippen molar-refractivity contribution >= 4 is 11.8 Å². The summed E-state index contributed by atoms with van der Waals surface area (Å²) in [5.74, 6) is 3.77. The summed E-state index contributed by atoms with van der Waals surface area (Å²) in [6.07, 6.45) is 10.7. The van der Waals surface area contributed by atoms with E-state index in [-0.39, 0.29) is 0 Å². The fourth-order valence-electron chi connectivity index (χ4n) is 4.21. The lowest BCUT2D eigenvalue weighted by atomic mass is 9.77. The number of benzene rings is 2. The monoisotopic (exact) mass is 396 g/mol. The third-order valence-corrected chi connectivity index (χ3v) is 7.07. The Morgan fingerprint density at radius 2 is 1.57 bits per heavy atom. The fourth-order valence-corrected chi connectivity index (χ4v) is 5.07. The quantitative estimate of drug-likeness (QED) is 0.295. The van der Waals surface area contributed by atoms with Crippen molar-refractivity contribution in [2.45, 2.75) is 81.8 Å². The van der Waals surface area contributed by atoms with Crippen molar-refractivity contribution in [3.63, 3.8) is 0 Å². The van der Waals surface area contributed by atoms with E-state index >= 15 is 0 Å². The van der Waals surface area contributed by atoms with Gasteiger partial charge < -0.3 is 4.74 Å². The largest absolute Gasteiger partial charge is 0.494 e. The first-order valence-electron chi connectivity index (χ1n) is 11.2. The summed E-state index contributed by atoms with van der Waals surface area (Å²) in [4.78, 5) is 1.37. The predicted octanol–water partition coefficient (Wildman–Crippen LogP) is 8.23. The third kappa shape index (κ3) is 6.58. The van der Waals surface area contributed by atoms with Gasteiger partial charge in [-0.2, -0.15) is 0 Å². The highest BCUT2D eigenvalue weighted by atomic mass is 32.2. The molecule has 1 nitrogen and oxygen atoms in total. The number of thioether (sulfide) groups is 1. The van der Waals surface area contributed by atoms with E-state index in [1.165, 1.54) is 55.4 Å². The van der Waals surface area contributed by atoms with Gasteiger partial charge in [-0.1, -0.05) is 57.4 Å². The average molecular weight is 397 g/mol. The Morgan fingerprint density at radius 1 is 0.857 bits per heavy atom. The van der Waals surface area contributed by atoms with Crippen LogP contribution in [-0.4, -0.2) is 6.61 Å². The van der Waals surface area contributed by atoms with Crippen molar-refractivity contribution in [2.24, 2.45) is 5.92 Å². The molecule has 0 spiro atoms. The molecule has 0 radical (unpaired) electrons. The van der Waals surface area contributed by atoms with E-state index in [1.807, 2.05) is 11.8 Å². The van der Waals surface area contributed by atoms with Gasteiger partial charge in [-0.05, 0) is 79.3 Å². The summed E-state index contributed by atoms with van der Waals surface area (Å²) in [7, 11) is 0. The topological polar surface area (TPSA) is 9.23 Å². The van der Waals surface area contributed by atoms with Crippen LogP contribution in [0.3, 0.4) is 0 Å². The van der Waals surface area contributed by atoms with Crippen LogP contribution < -0.4 is 4.74 Å². The summed E-state index contributed by atoms with van der Waals surface area (Å²) in [6.45, 7) is 5.32. The highest BCUT2D eigenvalue weighted by Gasteiger charge is 2.21. The lowest BCUT2D eigenvalue weighted by Gasteiger charge is -2.28. The summed E-state index contributed by atoms with van der Waals surface area (Å²) in [5.41, 5.74) is 2.90. The molecule has 1 fully saturated rings. The highest BCUT2D eigenvalue weighted by molar-refractivity contribution is 7.98. The summed E-state index contributed by atoms with van der Waals surface area (Å²) in [6, 6.07) is 18.0. The molecule has 0 saturated heterocycles. The number of hydrogen-bond donors (Lipinski definition) is 0. The van der Waals surface area contributed by atoms with Crippen LogP contribution in [0.25, 0.3) is 0 Å². The van der Waals surface area contributed by atoms with E-state index < -0.39 is 0 Å². The molecule has 0 heterocycles. The van der Waals surface area contributed by atoms with Crippen molar-refractivity contribution in [3.05, 3.63) is 59.7 Å². The summed E-state index contributed by atoms with van der Waals surface area (Å²) in [5, 5.41) is 0. The smallest absolute Gasteiger partial charge is 0.119 e. The van der Waals surface area contributed by atoms with Gasteiger partial charge in [0, 0.05) is 10.6 Å². The zero-order valence-electron chi connectivity index (χ0n) is 17.7. The molecule has 0 atom stereocenters. The summed E-state index contributed by atoms with van der Waals surface area (Å²) >= 11 is 1.92. The second-order valence-corrected chi connectivity index (χ2v) is 9.26. The maximum Gasteiger partial charge on any atom is 0.119 e. The maximum atomic E-state index is 5.75. The molecule has 0 bridgehead atoms. The standard InChI is InChI=1S/C26H36OS/c1-3-5-19-27-25-15-9-22(10-16-25)20-28-26-17-13-24(14-18-26)23-11-7-21(6-4-2)8-12-23/h9-10,13-18,21,23H,3-8,11-12,19-20H2,1-2H3/t21-,23-. The molecule has 0 N–H and O–H groups in total. The average Bonchev–Trinajstić information content (AvgIpc) is 2.75. The SMILES string of the molecule is CCCCOc1ccc(CSc2ccc([C@H]3CC[C@H](CCC)CC3)cc2)cc1. The number of rotatable bonds is 10. The van der Waals surface area contributed by atoms with Crippen molar-refractivity contribution in [2.75, 3.05) is 6.61 Å². The zero-order valence-corrected chi connectivity index (χ0v) is 18.5. The Hall–Kier alpha value is -1.41. The molecule has 0 aliphatic heterocycles. The van der Waals surface area contributed by atoms with Crippen molar-refractivity contribution in [3.8, 4) is 5.75 Å². The molecule has 3 rings (SSSR count). The lowest BCUT2D eigenvalue weighted by molar-refractivity contribution is 0.308. The molecule has 1 aliphatic carbocycles. The van der Waals surface area contributed by atoms with Gasteiger partial charge >= 0.3 is 0 Å². The highest BCUT2D eigenvalue weighted by Crippen LogP contribution is 2.38. The molecule has 0 amide bonds. The minimum Gasteiger partial charge on any atom is -0.494 e. The second kappa shape index (κ2) is 11.6. The van der Waals surface area contributed by atoms with Crippen molar-refractivity contribution in [1.82, 2.24) is 0 Å². The number of hydrogen-bond acceptors (Lipinski definition) is 2. The van der Waals surface area contributed by atoms with E-state index in [4.69, 9.17) is 4.74 Å². The second-order valence-electron chi connectivity index (χ2n) is 8.21. The Balaban J connectivity index is 1.44. The van der Waals surface area contributed by atoms with Gasteiger partial charge in [0.25, 0.3) is 0 Å². The van der Waals surface area contributed by atoms with Gasteiger partial charge in [0.05, 0.1) is 6.61 Å². The van der Waals surface area contributed by atoms with Gasteiger partial charge in [0.2, 0.25) is 0 Å². The van der Waals surface area contributed by atoms with Crippen LogP contribution in [0.1, 0.15) is 82.3 Å². The number of ether oxygens (including phenoxy) is 1. The normalized spacial score (nSPS) is 19.5. The Labute approximate surface area is 176 Å². The van der Waals surface area contributed by atoms with Crippen LogP contribution in [-0.2, 0) is 5.75 Å². The number of unbranched alkanes of at least 4 members (excludes halogenated alkanes) is 1. The van der Waals surface area contributed by atoms with E-state index in [1.54, 1.807) is 5.56 Å². The van der Waals surface area contributed by atoms with Crippen molar-refractivity contribution in [1.29, 1.82) is 0 Å². The Morgan fingerprint density at radius 3 is 2.21 bits per heavy atom. The zero-order chi connectivity index (χ0) is 19.6. The fraction of sp³-hybridized carbons (Fsp3) is 0.538. The van der Waals surface area contributed by atoms with Crippen LogP contribution in [0.2, 0.25) is 0 Å². The van der Waals surface area contributed by atoms with E-state index in [0.717, 1.165) is 36.4 Å². The molecule has 2 heteroatoms. The van der Waals surface area contributed by atoms with E-state index in [0.29, 0.717) is 0 Å². The molecule has 28 heavy (non-hydrogen) atoms. The van der Waals surface area contributed by atoms with Gasteiger partial charge in [0.1, 0.15) is 5.75 Å². The molecule has 152 valence electrons. The van der Waals surface area contributed by atoms with E-state index in [9.17, 15) is 0 Å². The van der Waals surface area contributed by atoms with Crippen LogP contribution >= 0.6 is 11.8 Å². The summed E-state index contributed by atoms with van der Waals surface area (Å²) < 4.78 is 5.75. The molecular weight excluding hydrogens is 360 g/mol. The first kappa shape index (κ1) is 21.3. The molecule has 0 aromatic heterocycles. The first-order valence-corrected chi connectivity index (χ1v) is 12.2. The molecule has 1 saturated carbocycles. The first-order chi connectivity index (χ1) is 13.8. The Bertz CT molecular complexity index is 669.